The maximum Gasteiger partial charge on any atom is 0.151 e. The van der Waals surface area contributed by atoms with Gasteiger partial charge >= 0.3 is 0 Å². The van der Waals surface area contributed by atoms with Crippen LogP contribution in [-0.2, 0) is 20.0 Å². The highest BCUT2D eigenvalue weighted by molar-refractivity contribution is 4.99. The van der Waals surface area contributed by atoms with Crippen LogP contribution < -0.4 is 5.32 Å². The van der Waals surface area contributed by atoms with Crippen LogP contribution in [0.5, 0.6) is 0 Å². The van der Waals surface area contributed by atoms with Gasteiger partial charge in [-0.3, -0.25) is 4.68 Å². The Hall–Kier alpha value is -1.69. The molecule has 0 radical (unpaired) electrons. The first-order valence-corrected chi connectivity index (χ1v) is 5.30. The van der Waals surface area contributed by atoms with E-state index in [1.54, 1.807) is 11.0 Å². The van der Waals surface area contributed by atoms with Crippen molar-refractivity contribution < 1.29 is 0 Å². The number of aryl methyl sites for hydroxylation is 2. The fourth-order valence-corrected chi connectivity index (χ4v) is 1.48. The van der Waals surface area contributed by atoms with Gasteiger partial charge in [0.25, 0.3) is 0 Å². The third kappa shape index (κ3) is 2.90. The maximum atomic E-state index is 4.20. The molecule has 2 aromatic rings. The van der Waals surface area contributed by atoms with Crippen LogP contribution in [0.15, 0.2) is 12.5 Å². The quantitative estimate of drug-likeness (QED) is 0.705. The summed E-state index contributed by atoms with van der Waals surface area (Å²) in [7, 11) is 1.87. The molecule has 0 spiro atoms. The highest BCUT2D eigenvalue weighted by Gasteiger charge is 1.99. The van der Waals surface area contributed by atoms with E-state index in [4.69, 9.17) is 0 Å². The molecule has 0 amide bonds. The van der Waals surface area contributed by atoms with E-state index in [0.717, 1.165) is 36.9 Å². The molecule has 0 aliphatic carbocycles. The standard InChI is InChI=1S/C10H16N6/c1-8-12-6-9(14-8)5-11-4-3-10-13-7-16(2)15-10/h6-7,11H,3-5H2,1-2H3,(H,12,14). The Labute approximate surface area is 94.1 Å². The minimum atomic E-state index is 0.799. The number of hydrogen-bond donors (Lipinski definition) is 2. The number of aromatic nitrogens is 5. The van der Waals surface area contributed by atoms with Crippen LogP contribution in [0.2, 0.25) is 0 Å². The average molecular weight is 220 g/mol. The van der Waals surface area contributed by atoms with Crippen LogP contribution in [0.4, 0.5) is 0 Å². The van der Waals surface area contributed by atoms with Gasteiger partial charge in [-0.2, -0.15) is 5.10 Å². The van der Waals surface area contributed by atoms with Gasteiger partial charge in [-0.1, -0.05) is 0 Å². The van der Waals surface area contributed by atoms with Crippen molar-refractivity contribution in [2.45, 2.75) is 19.9 Å². The van der Waals surface area contributed by atoms with Crippen LogP contribution >= 0.6 is 0 Å². The molecule has 0 atom stereocenters. The van der Waals surface area contributed by atoms with Gasteiger partial charge in [0.05, 0.1) is 0 Å². The molecule has 2 heterocycles. The summed E-state index contributed by atoms with van der Waals surface area (Å²) >= 11 is 0. The van der Waals surface area contributed by atoms with Crippen LogP contribution in [0.1, 0.15) is 17.3 Å². The van der Waals surface area contributed by atoms with Gasteiger partial charge in [-0.25, -0.2) is 9.97 Å². The summed E-state index contributed by atoms with van der Waals surface area (Å²) in [5, 5.41) is 7.52. The van der Waals surface area contributed by atoms with E-state index in [0.29, 0.717) is 0 Å². The molecule has 0 bridgehead atoms. The Morgan fingerprint density at radius 1 is 1.44 bits per heavy atom. The summed E-state index contributed by atoms with van der Waals surface area (Å²) in [5.41, 5.74) is 1.10. The molecule has 16 heavy (non-hydrogen) atoms. The molecule has 0 saturated carbocycles. The maximum absolute atomic E-state index is 4.20. The Bertz CT molecular complexity index is 401. The van der Waals surface area contributed by atoms with Gasteiger partial charge in [-0.15, -0.1) is 0 Å². The molecule has 2 rings (SSSR count). The fourth-order valence-electron chi connectivity index (χ4n) is 1.48. The lowest BCUT2D eigenvalue weighted by Gasteiger charge is -2.00. The average Bonchev–Trinajstić information content (AvgIpc) is 2.83. The minimum Gasteiger partial charge on any atom is -0.345 e. The zero-order chi connectivity index (χ0) is 11.4. The number of nitrogens with one attached hydrogen (secondary N) is 2. The number of imidazole rings is 1. The zero-order valence-electron chi connectivity index (χ0n) is 9.56. The van der Waals surface area contributed by atoms with Crippen molar-refractivity contribution in [3.05, 3.63) is 29.9 Å². The van der Waals surface area contributed by atoms with Crippen LogP contribution in [0, 0.1) is 6.92 Å². The SMILES string of the molecule is Cc1ncc(CNCCc2ncn(C)n2)[nH]1. The summed E-state index contributed by atoms with van der Waals surface area (Å²) in [6.45, 7) is 3.61. The lowest BCUT2D eigenvalue weighted by atomic mass is 10.4. The third-order valence-electron chi connectivity index (χ3n) is 2.24. The van der Waals surface area contributed by atoms with E-state index in [2.05, 4.69) is 25.4 Å². The minimum absolute atomic E-state index is 0.799. The first kappa shape index (κ1) is 10.8. The van der Waals surface area contributed by atoms with E-state index < -0.39 is 0 Å². The Kier molecular flexibility index (Phi) is 3.31. The lowest BCUT2D eigenvalue weighted by Crippen LogP contribution is -2.17. The van der Waals surface area contributed by atoms with Gasteiger partial charge in [0.15, 0.2) is 5.82 Å². The molecular formula is C10H16N6. The Morgan fingerprint density at radius 2 is 2.31 bits per heavy atom. The monoisotopic (exact) mass is 220 g/mol. The number of rotatable bonds is 5. The second-order valence-corrected chi connectivity index (χ2v) is 3.76. The number of aromatic amines is 1. The second-order valence-electron chi connectivity index (χ2n) is 3.76. The summed E-state index contributed by atoms with van der Waals surface area (Å²) < 4.78 is 1.72. The number of H-pyrrole nitrogens is 1. The summed E-state index contributed by atoms with van der Waals surface area (Å²) in [6, 6.07) is 0. The van der Waals surface area contributed by atoms with E-state index in [9.17, 15) is 0 Å². The number of hydrogen-bond acceptors (Lipinski definition) is 4. The molecule has 86 valence electrons. The molecule has 6 nitrogen and oxygen atoms in total. The molecule has 0 aliphatic rings. The smallest absolute Gasteiger partial charge is 0.151 e. The number of nitrogens with zero attached hydrogens (tertiary/aromatic N) is 4. The first-order valence-electron chi connectivity index (χ1n) is 5.30. The van der Waals surface area contributed by atoms with E-state index >= 15 is 0 Å². The highest BCUT2D eigenvalue weighted by atomic mass is 15.3. The van der Waals surface area contributed by atoms with Gasteiger partial charge < -0.3 is 10.3 Å². The molecular weight excluding hydrogens is 204 g/mol. The van der Waals surface area contributed by atoms with Crippen molar-refractivity contribution in [2.24, 2.45) is 7.05 Å². The molecule has 0 unspecified atom stereocenters. The largest absolute Gasteiger partial charge is 0.345 e. The van der Waals surface area contributed by atoms with Gasteiger partial charge in [0.2, 0.25) is 0 Å². The summed E-state index contributed by atoms with van der Waals surface area (Å²) in [4.78, 5) is 11.5. The van der Waals surface area contributed by atoms with Crippen molar-refractivity contribution in [3.63, 3.8) is 0 Å². The fraction of sp³-hybridized carbons (Fsp3) is 0.500. The Morgan fingerprint density at radius 3 is 2.94 bits per heavy atom. The zero-order valence-corrected chi connectivity index (χ0v) is 9.56. The molecule has 2 N–H and O–H groups in total. The predicted octanol–water partition coefficient (Wildman–Crippen LogP) is 0.179. The second kappa shape index (κ2) is 4.89. The van der Waals surface area contributed by atoms with E-state index in [1.807, 2.05) is 20.2 Å². The van der Waals surface area contributed by atoms with Crippen LogP contribution in [0.25, 0.3) is 0 Å². The molecule has 0 saturated heterocycles. The topological polar surface area (TPSA) is 71.4 Å². The third-order valence-corrected chi connectivity index (χ3v) is 2.24. The van der Waals surface area contributed by atoms with Crippen molar-refractivity contribution in [3.8, 4) is 0 Å². The van der Waals surface area contributed by atoms with Gasteiger partial charge in [-0.05, 0) is 6.92 Å². The molecule has 2 aromatic heterocycles. The van der Waals surface area contributed by atoms with E-state index in [-0.39, 0.29) is 0 Å². The van der Waals surface area contributed by atoms with Crippen molar-refractivity contribution >= 4 is 0 Å². The predicted molar refractivity (Wildman–Crippen MR) is 59.7 cm³/mol. The van der Waals surface area contributed by atoms with Gasteiger partial charge in [0.1, 0.15) is 12.2 Å². The van der Waals surface area contributed by atoms with Crippen molar-refractivity contribution in [2.75, 3.05) is 6.54 Å². The normalized spacial score (nSPS) is 10.9. The van der Waals surface area contributed by atoms with Crippen LogP contribution in [0.3, 0.4) is 0 Å². The van der Waals surface area contributed by atoms with Crippen LogP contribution in [-0.4, -0.2) is 31.3 Å². The van der Waals surface area contributed by atoms with Gasteiger partial charge in [0, 0.05) is 38.4 Å². The lowest BCUT2D eigenvalue weighted by molar-refractivity contribution is 0.654. The molecule has 6 heteroatoms. The summed E-state index contributed by atoms with van der Waals surface area (Å²) in [5.74, 6) is 1.82. The summed E-state index contributed by atoms with van der Waals surface area (Å²) in [6.07, 6.45) is 4.41. The van der Waals surface area contributed by atoms with E-state index in [1.165, 1.54) is 0 Å². The highest BCUT2D eigenvalue weighted by Crippen LogP contribution is 1.95. The Balaban J connectivity index is 1.69. The molecule has 0 fully saturated rings. The molecule has 0 aromatic carbocycles. The first-order chi connectivity index (χ1) is 7.74. The van der Waals surface area contributed by atoms with Crippen molar-refractivity contribution in [1.82, 2.24) is 30.0 Å². The van der Waals surface area contributed by atoms with Crippen molar-refractivity contribution in [1.29, 1.82) is 0 Å². The molecule has 0 aliphatic heterocycles.